The van der Waals surface area contributed by atoms with Gasteiger partial charge in [0.15, 0.2) is 0 Å². The number of fused-ring (bicyclic) bond motifs is 2. The molecule has 0 saturated carbocycles. The van der Waals surface area contributed by atoms with Crippen LogP contribution in [0.3, 0.4) is 0 Å². The van der Waals surface area contributed by atoms with E-state index in [1.54, 1.807) is 0 Å². The highest BCUT2D eigenvalue weighted by atomic mass is 14.7. The Labute approximate surface area is 93.7 Å². The molecule has 78 valence electrons. The van der Waals surface area contributed by atoms with Crippen molar-refractivity contribution in [1.82, 2.24) is 4.98 Å². The molecular weight excluding hydrogens is 196 g/mol. The van der Waals surface area contributed by atoms with Crippen LogP contribution >= 0.6 is 0 Å². The summed E-state index contributed by atoms with van der Waals surface area (Å²) in [6, 6.07) is 14.1. The number of nitrogen functional groups attached to an aromatic ring is 1. The second kappa shape index (κ2) is 3.20. The number of aryl methyl sites for hydroxylation is 1. The fourth-order valence-electron chi connectivity index (χ4n) is 2.05. The van der Waals surface area contributed by atoms with E-state index in [1.807, 2.05) is 30.3 Å². The van der Waals surface area contributed by atoms with E-state index < -0.39 is 0 Å². The first kappa shape index (κ1) is 9.16. The van der Waals surface area contributed by atoms with Crippen LogP contribution in [0.2, 0.25) is 0 Å². The average molecular weight is 208 g/mol. The summed E-state index contributed by atoms with van der Waals surface area (Å²) in [5, 5.41) is 2.21. The van der Waals surface area contributed by atoms with Gasteiger partial charge in [-0.3, -0.25) is 0 Å². The summed E-state index contributed by atoms with van der Waals surface area (Å²) in [5.41, 5.74) is 9.96. The van der Waals surface area contributed by atoms with Crippen molar-refractivity contribution in [3.05, 3.63) is 48.0 Å². The molecule has 16 heavy (non-hydrogen) atoms. The summed E-state index contributed by atoms with van der Waals surface area (Å²) in [4.78, 5) is 4.62. The van der Waals surface area contributed by atoms with Crippen LogP contribution in [-0.4, -0.2) is 4.98 Å². The van der Waals surface area contributed by atoms with Gasteiger partial charge in [0, 0.05) is 16.5 Å². The van der Waals surface area contributed by atoms with E-state index in [1.165, 1.54) is 10.9 Å². The van der Waals surface area contributed by atoms with Gasteiger partial charge in [-0.05, 0) is 36.8 Å². The molecule has 3 rings (SSSR count). The Morgan fingerprint density at radius 3 is 2.44 bits per heavy atom. The Morgan fingerprint density at radius 1 is 0.938 bits per heavy atom. The molecular formula is C14H12N2. The largest absolute Gasteiger partial charge is 0.398 e. The van der Waals surface area contributed by atoms with Gasteiger partial charge in [-0.15, -0.1) is 0 Å². The lowest BCUT2D eigenvalue weighted by atomic mass is 10.1. The zero-order valence-corrected chi connectivity index (χ0v) is 9.07. The first-order valence-corrected chi connectivity index (χ1v) is 5.30. The second-order valence-electron chi connectivity index (χ2n) is 4.04. The fourth-order valence-corrected chi connectivity index (χ4v) is 2.05. The molecule has 0 atom stereocenters. The third-order valence-electron chi connectivity index (χ3n) is 2.95. The predicted octanol–water partition coefficient (Wildman–Crippen LogP) is 3.28. The van der Waals surface area contributed by atoms with E-state index >= 15 is 0 Å². The van der Waals surface area contributed by atoms with Gasteiger partial charge in [0.1, 0.15) is 0 Å². The van der Waals surface area contributed by atoms with Crippen LogP contribution in [0.15, 0.2) is 42.5 Å². The number of anilines is 1. The number of hydrogen-bond acceptors (Lipinski definition) is 2. The molecule has 2 heteroatoms. The molecule has 3 aromatic rings. The molecule has 0 bridgehead atoms. The predicted molar refractivity (Wildman–Crippen MR) is 68.4 cm³/mol. The lowest BCUT2D eigenvalue weighted by Crippen LogP contribution is -1.90. The highest BCUT2D eigenvalue weighted by molar-refractivity contribution is 5.99. The molecule has 0 radical (unpaired) electrons. The lowest BCUT2D eigenvalue weighted by Gasteiger charge is -2.05. The summed E-state index contributed by atoms with van der Waals surface area (Å²) >= 11 is 0. The maximum atomic E-state index is 5.96. The highest BCUT2D eigenvalue weighted by Crippen LogP contribution is 2.25. The van der Waals surface area contributed by atoms with E-state index in [2.05, 4.69) is 24.0 Å². The van der Waals surface area contributed by atoms with Crippen molar-refractivity contribution in [3.8, 4) is 0 Å². The maximum absolute atomic E-state index is 5.96. The zero-order valence-electron chi connectivity index (χ0n) is 9.07. The molecule has 0 amide bonds. The molecule has 0 spiro atoms. The zero-order chi connectivity index (χ0) is 11.1. The van der Waals surface area contributed by atoms with Crippen LogP contribution in [0.4, 0.5) is 5.69 Å². The molecule has 0 saturated heterocycles. The summed E-state index contributed by atoms with van der Waals surface area (Å²) in [6.07, 6.45) is 0. The van der Waals surface area contributed by atoms with Gasteiger partial charge < -0.3 is 5.73 Å². The van der Waals surface area contributed by atoms with Gasteiger partial charge in [-0.1, -0.05) is 18.2 Å². The number of nitrogens with zero attached hydrogens (tertiary/aromatic N) is 1. The van der Waals surface area contributed by atoms with E-state index in [0.29, 0.717) is 0 Å². The standard InChI is InChI=1S/C14H12N2/c1-9-4-2-6-13-10(9)8-11-12(15)5-3-7-14(11)16-13/h2-8H,15H2,1H3. The van der Waals surface area contributed by atoms with E-state index in [-0.39, 0.29) is 0 Å². The number of rotatable bonds is 0. The first-order valence-electron chi connectivity index (χ1n) is 5.30. The van der Waals surface area contributed by atoms with E-state index in [4.69, 9.17) is 5.73 Å². The van der Waals surface area contributed by atoms with Gasteiger partial charge in [0.05, 0.1) is 11.0 Å². The van der Waals surface area contributed by atoms with Crippen LogP contribution in [-0.2, 0) is 0 Å². The number of hydrogen-bond donors (Lipinski definition) is 1. The van der Waals surface area contributed by atoms with Crippen LogP contribution < -0.4 is 5.73 Å². The van der Waals surface area contributed by atoms with Crippen LogP contribution in [0.1, 0.15) is 5.56 Å². The minimum Gasteiger partial charge on any atom is -0.398 e. The summed E-state index contributed by atoms with van der Waals surface area (Å²) in [5.74, 6) is 0. The highest BCUT2D eigenvalue weighted by Gasteiger charge is 2.03. The maximum Gasteiger partial charge on any atom is 0.0730 e. The minimum absolute atomic E-state index is 0.787. The first-order chi connectivity index (χ1) is 7.75. The van der Waals surface area contributed by atoms with Crippen molar-refractivity contribution >= 4 is 27.5 Å². The normalized spacial score (nSPS) is 11.1. The third-order valence-corrected chi connectivity index (χ3v) is 2.95. The average Bonchev–Trinajstić information content (AvgIpc) is 2.28. The number of nitrogens with two attached hydrogens (primary N) is 1. The number of benzene rings is 2. The van der Waals surface area contributed by atoms with Gasteiger partial charge >= 0.3 is 0 Å². The summed E-state index contributed by atoms with van der Waals surface area (Å²) in [7, 11) is 0. The SMILES string of the molecule is Cc1cccc2nc3cccc(N)c3cc12. The Bertz CT molecular complexity index is 630. The van der Waals surface area contributed by atoms with Crippen LogP contribution in [0.5, 0.6) is 0 Å². The Morgan fingerprint density at radius 2 is 1.62 bits per heavy atom. The number of aromatic nitrogens is 1. The van der Waals surface area contributed by atoms with Crippen molar-refractivity contribution in [2.75, 3.05) is 5.73 Å². The van der Waals surface area contributed by atoms with Crippen LogP contribution in [0.25, 0.3) is 21.8 Å². The second-order valence-corrected chi connectivity index (χ2v) is 4.04. The molecule has 0 unspecified atom stereocenters. The molecule has 1 heterocycles. The fraction of sp³-hybridized carbons (Fsp3) is 0.0714. The Hall–Kier alpha value is -2.09. The number of pyridine rings is 1. The van der Waals surface area contributed by atoms with Crippen molar-refractivity contribution < 1.29 is 0 Å². The third kappa shape index (κ3) is 1.23. The van der Waals surface area contributed by atoms with Gasteiger partial charge in [0.2, 0.25) is 0 Å². The summed E-state index contributed by atoms with van der Waals surface area (Å²) in [6.45, 7) is 2.09. The van der Waals surface area contributed by atoms with Gasteiger partial charge in [-0.2, -0.15) is 0 Å². The Balaban J connectivity index is 2.55. The van der Waals surface area contributed by atoms with Crippen molar-refractivity contribution in [1.29, 1.82) is 0 Å². The monoisotopic (exact) mass is 208 g/mol. The van der Waals surface area contributed by atoms with Gasteiger partial charge in [-0.25, -0.2) is 4.98 Å². The minimum atomic E-state index is 0.787. The van der Waals surface area contributed by atoms with Crippen molar-refractivity contribution in [3.63, 3.8) is 0 Å². The molecule has 0 aliphatic carbocycles. The lowest BCUT2D eigenvalue weighted by molar-refractivity contribution is 1.46. The molecule has 2 aromatic carbocycles. The van der Waals surface area contributed by atoms with Crippen molar-refractivity contribution in [2.24, 2.45) is 0 Å². The van der Waals surface area contributed by atoms with E-state index in [0.717, 1.165) is 22.1 Å². The van der Waals surface area contributed by atoms with Crippen LogP contribution in [0, 0.1) is 6.92 Å². The molecule has 0 fully saturated rings. The quantitative estimate of drug-likeness (QED) is 0.455. The molecule has 0 aliphatic rings. The van der Waals surface area contributed by atoms with Gasteiger partial charge in [0.25, 0.3) is 0 Å². The molecule has 1 aromatic heterocycles. The topological polar surface area (TPSA) is 38.9 Å². The Kier molecular flexibility index (Phi) is 1.83. The molecule has 0 aliphatic heterocycles. The van der Waals surface area contributed by atoms with E-state index in [9.17, 15) is 0 Å². The summed E-state index contributed by atoms with van der Waals surface area (Å²) < 4.78 is 0. The van der Waals surface area contributed by atoms with Crippen molar-refractivity contribution in [2.45, 2.75) is 6.92 Å². The molecule has 2 N–H and O–H groups in total. The molecule has 2 nitrogen and oxygen atoms in total. The smallest absolute Gasteiger partial charge is 0.0730 e.